The van der Waals surface area contributed by atoms with Crippen molar-refractivity contribution in [3.05, 3.63) is 57.8 Å². The maximum Gasteiger partial charge on any atom is 0.508 e. The minimum Gasteiger partial charge on any atom is -0.493 e. The molecule has 2 unspecified atom stereocenters. The van der Waals surface area contributed by atoms with Gasteiger partial charge in [0, 0.05) is 7.05 Å². The van der Waals surface area contributed by atoms with E-state index in [-0.39, 0.29) is 27.3 Å². The van der Waals surface area contributed by atoms with Crippen molar-refractivity contribution in [1.82, 2.24) is 4.90 Å². The van der Waals surface area contributed by atoms with Gasteiger partial charge in [0.25, 0.3) is 5.91 Å². The Labute approximate surface area is 184 Å². The van der Waals surface area contributed by atoms with E-state index in [1.54, 1.807) is 0 Å². The predicted molar refractivity (Wildman–Crippen MR) is 107 cm³/mol. The highest BCUT2D eigenvalue weighted by Gasteiger charge is 2.50. The number of nitrogens with zero attached hydrogens (tertiary/aromatic N) is 2. The third kappa shape index (κ3) is 3.99. The highest BCUT2D eigenvalue weighted by atomic mass is 79.9. The maximum absolute atomic E-state index is 13.8. The molecule has 3 rings (SSSR count). The van der Waals surface area contributed by atoms with Gasteiger partial charge in [-0.25, -0.2) is 13.6 Å². The van der Waals surface area contributed by atoms with Crippen molar-refractivity contribution in [1.29, 1.82) is 0 Å². The topological polar surface area (TPSA) is 94.2 Å². The Bertz CT molecular complexity index is 1110. The van der Waals surface area contributed by atoms with Gasteiger partial charge in [0.2, 0.25) is 0 Å². The standard InChI is InChI=1S/C18H14BrF4N3O4S/c1-26-15(27)17(25-16(26)24,9-3-5-12(20)11(19)7-9)10-4-6-13(29-2)14(8-10)30-31(28)18(21,22)23/h3-8H,1-2H3,(H2,24,25). The molecule has 0 bridgehead atoms. The fourth-order valence-corrected chi connectivity index (χ4v) is 3.77. The van der Waals surface area contributed by atoms with Crippen LogP contribution in [0.2, 0.25) is 0 Å². The van der Waals surface area contributed by atoms with Crippen LogP contribution in [0.15, 0.2) is 45.9 Å². The van der Waals surface area contributed by atoms with E-state index in [1.165, 1.54) is 38.4 Å². The van der Waals surface area contributed by atoms with E-state index in [0.717, 1.165) is 17.0 Å². The lowest BCUT2D eigenvalue weighted by Gasteiger charge is -2.27. The Morgan fingerprint density at radius 2 is 1.77 bits per heavy atom. The first kappa shape index (κ1) is 23.0. The predicted octanol–water partition coefficient (Wildman–Crippen LogP) is 3.19. The highest BCUT2D eigenvalue weighted by Crippen LogP contribution is 2.43. The van der Waals surface area contributed by atoms with Crippen molar-refractivity contribution in [3.63, 3.8) is 0 Å². The Hall–Kier alpha value is -2.67. The van der Waals surface area contributed by atoms with Gasteiger partial charge < -0.3 is 14.7 Å². The molecule has 0 radical (unpaired) electrons. The van der Waals surface area contributed by atoms with Crippen LogP contribution in [0.4, 0.5) is 17.6 Å². The van der Waals surface area contributed by atoms with Gasteiger partial charge in [-0.15, -0.1) is 0 Å². The number of methoxy groups -OCH3 is 1. The summed E-state index contributed by atoms with van der Waals surface area (Å²) in [5, 5.41) is 0. The lowest BCUT2D eigenvalue weighted by atomic mass is 9.82. The first-order chi connectivity index (χ1) is 14.4. The zero-order valence-corrected chi connectivity index (χ0v) is 18.3. The zero-order valence-electron chi connectivity index (χ0n) is 15.9. The van der Waals surface area contributed by atoms with Gasteiger partial charge in [-0.2, -0.15) is 13.2 Å². The van der Waals surface area contributed by atoms with E-state index in [1.807, 2.05) is 0 Å². The number of halogens is 5. The fourth-order valence-electron chi connectivity index (χ4n) is 3.00. The molecule has 2 aromatic rings. The number of nitrogens with two attached hydrogens (primary N) is 1. The number of aliphatic imine (C=N–C) groups is 1. The van der Waals surface area contributed by atoms with E-state index in [9.17, 15) is 26.6 Å². The van der Waals surface area contributed by atoms with Crippen molar-refractivity contribution < 1.29 is 35.5 Å². The summed E-state index contributed by atoms with van der Waals surface area (Å²) in [5.41, 5.74) is -0.933. The summed E-state index contributed by atoms with van der Waals surface area (Å²) >= 11 is -0.648. The lowest BCUT2D eigenvalue weighted by molar-refractivity contribution is -0.129. The second-order valence-corrected chi connectivity index (χ2v) is 8.26. The van der Waals surface area contributed by atoms with Gasteiger partial charge in [0.1, 0.15) is 5.82 Å². The second-order valence-electron chi connectivity index (χ2n) is 6.30. The molecule has 1 aliphatic heterocycles. The maximum atomic E-state index is 13.8. The number of rotatable bonds is 5. The van der Waals surface area contributed by atoms with Crippen molar-refractivity contribution in [2.24, 2.45) is 10.7 Å². The summed E-state index contributed by atoms with van der Waals surface area (Å²) in [4.78, 5) is 18.5. The third-order valence-electron chi connectivity index (χ3n) is 4.51. The monoisotopic (exact) mass is 523 g/mol. The Kier molecular flexibility index (Phi) is 6.02. The van der Waals surface area contributed by atoms with E-state index in [4.69, 9.17) is 10.5 Å². The van der Waals surface area contributed by atoms with Gasteiger partial charge in [0.15, 0.2) is 23.0 Å². The number of amides is 1. The lowest BCUT2D eigenvalue weighted by Crippen LogP contribution is -2.41. The second kappa shape index (κ2) is 8.11. The number of guanidine groups is 1. The fraction of sp³-hybridized carbons (Fsp3) is 0.222. The molecular formula is C18H14BrF4N3O4S. The van der Waals surface area contributed by atoms with Crippen molar-refractivity contribution in [3.8, 4) is 11.5 Å². The Morgan fingerprint density at radius 3 is 2.29 bits per heavy atom. The smallest absolute Gasteiger partial charge is 0.493 e. The minimum atomic E-state index is -5.15. The van der Waals surface area contributed by atoms with Crippen molar-refractivity contribution in [2.75, 3.05) is 14.2 Å². The van der Waals surface area contributed by atoms with Crippen LogP contribution in [-0.4, -0.2) is 40.6 Å². The summed E-state index contributed by atoms with van der Waals surface area (Å²) in [6, 6.07) is 7.35. The number of ether oxygens (including phenoxy) is 1. The number of hydrogen-bond acceptors (Lipinski definition) is 6. The number of hydrogen-bond donors (Lipinski definition) is 1. The first-order valence-electron chi connectivity index (χ1n) is 8.36. The van der Waals surface area contributed by atoms with Gasteiger partial charge in [0.05, 0.1) is 11.6 Å². The SMILES string of the molecule is COc1ccc(C2(c3ccc(F)c(Br)c3)N=C(N)N(C)C2=O)cc1OS(=O)C(F)(F)F. The largest absolute Gasteiger partial charge is 0.508 e. The van der Waals surface area contributed by atoms with Crippen LogP contribution in [0.1, 0.15) is 11.1 Å². The number of alkyl halides is 3. The van der Waals surface area contributed by atoms with E-state index in [2.05, 4.69) is 25.1 Å². The Balaban J connectivity index is 2.24. The van der Waals surface area contributed by atoms with Crippen LogP contribution in [0.3, 0.4) is 0 Å². The molecule has 0 fully saturated rings. The molecule has 2 aromatic carbocycles. The molecule has 2 atom stereocenters. The van der Waals surface area contributed by atoms with Gasteiger partial charge in [-0.1, -0.05) is 12.1 Å². The van der Waals surface area contributed by atoms with Crippen molar-refractivity contribution >= 4 is 38.9 Å². The summed E-state index contributed by atoms with van der Waals surface area (Å²) in [6.07, 6.45) is 0. The molecule has 1 amide bonds. The van der Waals surface area contributed by atoms with Crippen LogP contribution in [0.25, 0.3) is 0 Å². The van der Waals surface area contributed by atoms with Gasteiger partial charge >= 0.3 is 16.6 Å². The molecule has 0 spiro atoms. The molecule has 0 saturated heterocycles. The molecule has 2 N–H and O–H groups in total. The quantitative estimate of drug-likeness (QED) is 0.607. The van der Waals surface area contributed by atoms with E-state index >= 15 is 0 Å². The molecule has 0 aromatic heterocycles. The average Bonchev–Trinajstić information content (AvgIpc) is 2.94. The summed E-state index contributed by atoms with van der Waals surface area (Å²) in [5.74, 6) is -2.10. The van der Waals surface area contributed by atoms with Crippen LogP contribution in [0.5, 0.6) is 11.5 Å². The molecular weight excluding hydrogens is 510 g/mol. The van der Waals surface area contributed by atoms with Crippen LogP contribution >= 0.6 is 15.9 Å². The normalized spacial score (nSPS) is 19.9. The summed E-state index contributed by atoms with van der Waals surface area (Å²) < 4.78 is 73.1. The number of carbonyl (C=O) groups is 1. The Morgan fingerprint density at radius 1 is 1.16 bits per heavy atom. The van der Waals surface area contributed by atoms with Crippen LogP contribution < -0.4 is 14.7 Å². The summed E-state index contributed by atoms with van der Waals surface area (Å²) in [6.45, 7) is 0. The summed E-state index contributed by atoms with van der Waals surface area (Å²) in [7, 11) is 2.54. The number of carbonyl (C=O) groups excluding carboxylic acids is 1. The highest BCUT2D eigenvalue weighted by molar-refractivity contribution is 9.10. The average molecular weight is 524 g/mol. The molecule has 0 saturated carbocycles. The number of benzene rings is 2. The van der Waals surface area contributed by atoms with E-state index < -0.39 is 39.6 Å². The molecule has 7 nitrogen and oxygen atoms in total. The van der Waals surface area contributed by atoms with Gasteiger partial charge in [-0.05, 0) is 51.3 Å². The van der Waals surface area contributed by atoms with Gasteiger partial charge in [-0.3, -0.25) is 9.69 Å². The molecule has 1 aliphatic rings. The molecule has 166 valence electrons. The van der Waals surface area contributed by atoms with Crippen molar-refractivity contribution in [2.45, 2.75) is 11.0 Å². The minimum absolute atomic E-state index is 0.0312. The third-order valence-corrected chi connectivity index (χ3v) is 5.83. The molecule has 1 heterocycles. The van der Waals surface area contributed by atoms with Crippen LogP contribution in [0, 0.1) is 5.82 Å². The van der Waals surface area contributed by atoms with E-state index in [0.29, 0.717) is 0 Å². The number of likely N-dealkylation sites (N-methyl/N-ethyl adjacent to an activating group) is 1. The molecule has 31 heavy (non-hydrogen) atoms. The van der Waals surface area contributed by atoms with Crippen LogP contribution in [-0.2, 0) is 21.4 Å². The zero-order chi connectivity index (χ0) is 23.1. The molecule has 13 heteroatoms. The molecule has 0 aliphatic carbocycles. The first-order valence-corrected chi connectivity index (χ1v) is 10.2.